The minimum atomic E-state index is 0.529. The predicted octanol–water partition coefficient (Wildman–Crippen LogP) is 2.59. The van der Waals surface area contributed by atoms with Gasteiger partial charge in [-0.25, -0.2) is 0 Å². The molecular formula is C15H27ClN4. The summed E-state index contributed by atoms with van der Waals surface area (Å²) < 4.78 is 1.92. The molecule has 2 heterocycles. The maximum Gasteiger partial charge on any atom is 0.0860 e. The van der Waals surface area contributed by atoms with Crippen LogP contribution in [0.4, 0.5) is 0 Å². The van der Waals surface area contributed by atoms with E-state index in [4.69, 9.17) is 11.6 Å². The topological polar surface area (TPSA) is 33.1 Å². The van der Waals surface area contributed by atoms with Crippen molar-refractivity contribution in [2.75, 3.05) is 13.1 Å². The van der Waals surface area contributed by atoms with Crippen LogP contribution in [0.25, 0.3) is 0 Å². The Morgan fingerprint density at radius 2 is 2.20 bits per heavy atom. The quantitative estimate of drug-likeness (QED) is 0.927. The highest BCUT2D eigenvalue weighted by atomic mass is 35.5. The van der Waals surface area contributed by atoms with E-state index >= 15 is 0 Å². The van der Waals surface area contributed by atoms with Crippen molar-refractivity contribution in [1.29, 1.82) is 0 Å². The molecule has 1 aromatic rings. The molecule has 2 rings (SSSR count). The second-order valence-corrected chi connectivity index (χ2v) is 6.53. The zero-order valence-corrected chi connectivity index (χ0v) is 14.0. The SMILES string of the molecule is CCC(C)C1CN(Cc2c(Cl)c(C)nn2C)C(C)CN1. The molecule has 114 valence electrons. The molecule has 0 bridgehead atoms. The number of rotatable bonds is 4. The van der Waals surface area contributed by atoms with Crippen molar-refractivity contribution < 1.29 is 0 Å². The van der Waals surface area contributed by atoms with Crippen LogP contribution in [0.15, 0.2) is 0 Å². The number of nitrogens with one attached hydrogen (secondary N) is 1. The maximum absolute atomic E-state index is 6.38. The highest BCUT2D eigenvalue weighted by Gasteiger charge is 2.29. The van der Waals surface area contributed by atoms with Crippen molar-refractivity contribution in [1.82, 2.24) is 20.0 Å². The molecule has 3 atom stereocenters. The molecule has 0 radical (unpaired) electrons. The van der Waals surface area contributed by atoms with Crippen LogP contribution in [0, 0.1) is 12.8 Å². The van der Waals surface area contributed by atoms with E-state index in [-0.39, 0.29) is 0 Å². The lowest BCUT2D eigenvalue weighted by molar-refractivity contribution is 0.109. The van der Waals surface area contributed by atoms with Crippen LogP contribution < -0.4 is 5.32 Å². The lowest BCUT2D eigenvalue weighted by atomic mass is 9.95. The van der Waals surface area contributed by atoms with Crippen LogP contribution in [-0.4, -0.2) is 39.9 Å². The highest BCUT2D eigenvalue weighted by molar-refractivity contribution is 6.31. The minimum Gasteiger partial charge on any atom is -0.311 e. The normalized spacial score (nSPS) is 25.9. The summed E-state index contributed by atoms with van der Waals surface area (Å²) >= 11 is 6.38. The average molecular weight is 299 g/mol. The molecule has 1 aliphatic rings. The number of aryl methyl sites for hydroxylation is 2. The lowest BCUT2D eigenvalue weighted by Gasteiger charge is -2.41. The number of piperazine rings is 1. The van der Waals surface area contributed by atoms with Gasteiger partial charge in [-0.2, -0.15) is 5.10 Å². The fourth-order valence-electron chi connectivity index (χ4n) is 2.88. The van der Waals surface area contributed by atoms with Gasteiger partial charge in [0.2, 0.25) is 0 Å². The van der Waals surface area contributed by atoms with Crippen LogP contribution in [0.5, 0.6) is 0 Å². The predicted molar refractivity (Wildman–Crippen MR) is 84.1 cm³/mol. The van der Waals surface area contributed by atoms with Crippen molar-refractivity contribution in [3.8, 4) is 0 Å². The maximum atomic E-state index is 6.38. The Kier molecular flexibility index (Phi) is 5.10. The Hall–Kier alpha value is -0.580. The Balaban J connectivity index is 2.10. The molecule has 3 unspecified atom stereocenters. The molecule has 20 heavy (non-hydrogen) atoms. The number of hydrogen-bond acceptors (Lipinski definition) is 3. The second-order valence-electron chi connectivity index (χ2n) is 6.15. The van der Waals surface area contributed by atoms with Crippen molar-refractivity contribution in [3.05, 3.63) is 16.4 Å². The van der Waals surface area contributed by atoms with Gasteiger partial charge in [0, 0.05) is 38.8 Å². The van der Waals surface area contributed by atoms with E-state index in [0.29, 0.717) is 18.0 Å². The van der Waals surface area contributed by atoms with Gasteiger partial charge >= 0.3 is 0 Å². The van der Waals surface area contributed by atoms with Crippen molar-refractivity contribution in [3.63, 3.8) is 0 Å². The summed E-state index contributed by atoms with van der Waals surface area (Å²) in [5, 5.41) is 8.90. The van der Waals surface area contributed by atoms with Crippen LogP contribution in [0.3, 0.4) is 0 Å². The summed E-state index contributed by atoms with van der Waals surface area (Å²) in [6, 6.07) is 1.10. The zero-order valence-electron chi connectivity index (χ0n) is 13.3. The molecular weight excluding hydrogens is 272 g/mol. The fourth-order valence-corrected chi connectivity index (χ4v) is 3.10. The Morgan fingerprint density at radius 3 is 2.75 bits per heavy atom. The first kappa shape index (κ1) is 15.8. The molecule has 0 saturated carbocycles. The molecule has 1 saturated heterocycles. The van der Waals surface area contributed by atoms with Crippen LogP contribution in [0.2, 0.25) is 5.02 Å². The first-order chi connectivity index (χ1) is 9.43. The first-order valence-electron chi connectivity index (χ1n) is 7.59. The monoisotopic (exact) mass is 298 g/mol. The molecule has 1 fully saturated rings. The molecule has 4 nitrogen and oxygen atoms in total. The first-order valence-corrected chi connectivity index (χ1v) is 7.97. The second kappa shape index (κ2) is 6.46. The third-order valence-electron chi connectivity index (χ3n) is 4.68. The summed E-state index contributed by atoms with van der Waals surface area (Å²) in [7, 11) is 1.98. The summed E-state index contributed by atoms with van der Waals surface area (Å²) in [6.07, 6.45) is 1.21. The van der Waals surface area contributed by atoms with Crippen molar-refractivity contribution >= 4 is 11.6 Å². The van der Waals surface area contributed by atoms with E-state index in [1.807, 2.05) is 18.7 Å². The molecule has 0 spiro atoms. The summed E-state index contributed by atoms with van der Waals surface area (Å²) in [5.41, 5.74) is 2.05. The van der Waals surface area contributed by atoms with Gasteiger partial charge in [0.1, 0.15) is 0 Å². The Bertz CT molecular complexity index is 457. The van der Waals surface area contributed by atoms with E-state index < -0.39 is 0 Å². The lowest BCUT2D eigenvalue weighted by Crippen LogP contribution is -2.57. The summed E-state index contributed by atoms with van der Waals surface area (Å²) in [6.45, 7) is 11.8. The van der Waals surface area contributed by atoms with Crippen LogP contribution in [0.1, 0.15) is 38.6 Å². The van der Waals surface area contributed by atoms with Gasteiger partial charge in [-0.15, -0.1) is 0 Å². The van der Waals surface area contributed by atoms with Gasteiger partial charge in [-0.1, -0.05) is 31.9 Å². The van der Waals surface area contributed by atoms with Gasteiger partial charge in [0.25, 0.3) is 0 Å². The largest absolute Gasteiger partial charge is 0.311 e. The van der Waals surface area contributed by atoms with Crippen LogP contribution >= 0.6 is 11.6 Å². The van der Waals surface area contributed by atoms with Gasteiger partial charge in [0.15, 0.2) is 0 Å². The van der Waals surface area contributed by atoms with Crippen molar-refractivity contribution in [2.45, 2.75) is 52.7 Å². The van der Waals surface area contributed by atoms with E-state index in [0.717, 1.165) is 36.0 Å². The molecule has 0 amide bonds. The Labute approximate surface area is 127 Å². The fraction of sp³-hybridized carbons (Fsp3) is 0.800. The van der Waals surface area contributed by atoms with E-state index in [1.165, 1.54) is 6.42 Å². The van der Waals surface area contributed by atoms with Gasteiger partial charge in [-0.3, -0.25) is 9.58 Å². The number of nitrogens with zero attached hydrogens (tertiary/aromatic N) is 3. The number of aromatic nitrogens is 2. The Morgan fingerprint density at radius 1 is 1.50 bits per heavy atom. The molecule has 1 N–H and O–H groups in total. The molecule has 5 heteroatoms. The third-order valence-corrected chi connectivity index (χ3v) is 5.17. The van der Waals surface area contributed by atoms with Crippen molar-refractivity contribution in [2.24, 2.45) is 13.0 Å². The minimum absolute atomic E-state index is 0.529. The van der Waals surface area contributed by atoms with Gasteiger partial charge < -0.3 is 5.32 Å². The van der Waals surface area contributed by atoms with Crippen LogP contribution in [-0.2, 0) is 13.6 Å². The highest BCUT2D eigenvalue weighted by Crippen LogP contribution is 2.23. The zero-order chi connectivity index (χ0) is 14.9. The van der Waals surface area contributed by atoms with E-state index in [2.05, 4.69) is 36.1 Å². The molecule has 1 aliphatic heterocycles. The molecule has 0 aromatic carbocycles. The average Bonchev–Trinajstić information content (AvgIpc) is 2.66. The smallest absolute Gasteiger partial charge is 0.0860 e. The summed E-state index contributed by atoms with van der Waals surface area (Å²) in [5.74, 6) is 0.703. The standard InChI is InChI=1S/C15H27ClN4/c1-6-10(2)13-8-20(11(3)7-17-13)9-14-15(16)12(4)18-19(14)5/h10-11,13,17H,6-9H2,1-5H3. The van der Waals surface area contributed by atoms with E-state index in [1.54, 1.807) is 0 Å². The van der Waals surface area contributed by atoms with Gasteiger partial charge in [0.05, 0.1) is 16.4 Å². The van der Waals surface area contributed by atoms with Gasteiger partial charge in [-0.05, 0) is 19.8 Å². The van der Waals surface area contributed by atoms with E-state index in [9.17, 15) is 0 Å². The molecule has 0 aliphatic carbocycles. The summed E-state index contributed by atoms with van der Waals surface area (Å²) in [4.78, 5) is 2.52. The third kappa shape index (κ3) is 3.18. The number of halogens is 1. The molecule has 1 aromatic heterocycles. The number of hydrogen-bond donors (Lipinski definition) is 1.